The molecule has 13 heavy (non-hydrogen) atoms. The Morgan fingerprint density at radius 1 is 1.23 bits per heavy atom. The summed E-state index contributed by atoms with van der Waals surface area (Å²) in [5, 5.41) is 0. The molecule has 0 radical (unpaired) electrons. The van der Waals surface area contributed by atoms with Crippen LogP contribution in [0, 0.1) is 29.1 Å². The second kappa shape index (κ2) is 2.40. The zero-order chi connectivity index (χ0) is 9.05. The van der Waals surface area contributed by atoms with Crippen molar-refractivity contribution in [3.05, 3.63) is 12.2 Å². The van der Waals surface area contributed by atoms with Crippen molar-refractivity contribution in [3.63, 3.8) is 0 Å². The predicted molar refractivity (Wildman–Crippen MR) is 55.3 cm³/mol. The lowest BCUT2D eigenvalue weighted by atomic mass is 9.72. The van der Waals surface area contributed by atoms with E-state index in [1.807, 2.05) is 0 Å². The van der Waals surface area contributed by atoms with Crippen molar-refractivity contribution in [3.8, 4) is 0 Å². The van der Waals surface area contributed by atoms with Crippen molar-refractivity contribution < 1.29 is 0 Å². The number of hydrogen-bond acceptors (Lipinski definition) is 0. The SMILES string of the molecule is CC1CC=CC(C)(C2C3CCC32)C1. The second-order valence-electron chi connectivity index (χ2n) is 5.88. The third-order valence-electron chi connectivity index (χ3n) is 4.75. The Morgan fingerprint density at radius 2 is 1.92 bits per heavy atom. The van der Waals surface area contributed by atoms with E-state index in [-0.39, 0.29) is 0 Å². The average molecular weight is 176 g/mol. The minimum absolute atomic E-state index is 0.587. The fourth-order valence-corrected chi connectivity index (χ4v) is 4.05. The molecule has 2 fully saturated rings. The molecule has 0 bridgehead atoms. The van der Waals surface area contributed by atoms with Crippen molar-refractivity contribution in [2.45, 2.75) is 39.5 Å². The molecule has 3 aliphatic rings. The van der Waals surface area contributed by atoms with Crippen LogP contribution in [0.3, 0.4) is 0 Å². The summed E-state index contributed by atoms with van der Waals surface area (Å²) in [6, 6.07) is 0. The van der Waals surface area contributed by atoms with Crippen LogP contribution in [0.25, 0.3) is 0 Å². The van der Waals surface area contributed by atoms with Gasteiger partial charge in [-0.2, -0.15) is 0 Å². The average Bonchev–Trinajstić information content (AvgIpc) is 2.52. The topological polar surface area (TPSA) is 0 Å². The van der Waals surface area contributed by atoms with Crippen LogP contribution in [0.1, 0.15) is 39.5 Å². The number of allylic oxidation sites excluding steroid dienone is 2. The van der Waals surface area contributed by atoms with Crippen LogP contribution in [0.15, 0.2) is 12.2 Å². The first-order valence-electron chi connectivity index (χ1n) is 5.88. The van der Waals surface area contributed by atoms with Gasteiger partial charge < -0.3 is 0 Å². The fraction of sp³-hybridized carbons (Fsp3) is 0.846. The van der Waals surface area contributed by atoms with Gasteiger partial charge in [0.05, 0.1) is 0 Å². The standard InChI is InChI=1S/C13H20/c1-9-4-3-7-13(2,8-9)12-10-5-6-11(10)12/h3,7,9-12H,4-6,8H2,1-2H3. The summed E-state index contributed by atoms with van der Waals surface area (Å²) in [6.07, 6.45) is 10.8. The van der Waals surface area contributed by atoms with E-state index in [2.05, 4.69) is 26.0 Å². The first-order valence-corrected chi connectivity index (χ1v) is 5.88. The predicted octanol–water partition coefficient (Wildman–Crippen LogP) is 3.63. The molecule has 4 unspecified atom stereocenters. The molecule has 0 aliphatic heterocycles. The minimum Gasteiger partial charge on any atom is -0.0877 e. The summed E-state index contributed by atoms with van der Waals surface area (Å²) in [7, 11) is 0. The zero-order valence-electron chi connectivity index (χ0n) is 8.79. The minimum atomic E-state index is 0.587. The molecule has 3 rings (SSSR count). The van der Waals surface area contributed by atoms with Gasteiger partial charge in [0.1, 0.15) is 0 Å². The van der Waals surface area contributed by atoms with Crippen molar-refractivity contribution in [1.29, 1.82) is 0 Å². The maximum atomic E-state index is 2.54. The maximum absolute atomic E-state index is 2.54. The van der Waals surface area contributed by atoms with Gasteiger partial charge in [-0.25, -0.2) is 0 Å². The van der Waals surface area contributed by atoms with E-state index in [1.54, 1.807) is 0 Å². The Balaban J connectivity index is 1.80. The monoisotopic (exact) mass is 176 g/mol. The Morgan fingerprint density at radius 3 is 2.46 bits per heavy atom. The van der Waals surface area contributed by atoms with E-state index >= 15 is 0 Å². The lowest BCUT2D eigenvalue weighted by molar-refractivity contribution is 0.252. The molecule has 0 aromatic rings. The van der Waals surface area contributed by atoms with Gasteiger partial charge >= 0.3 is 0 Å². The first kappa shape index (κ1) is 8.08. The van der Waals surface area contributed by atoms with Gasteiger partial charge in [0.25, 0.3) is 0 Å². The van der Waals surface area contributed by atoms with Crippen molar-refractivity contribution in [2.24, 2.45) is 29.1 Å². The van der Waals surface area contributed by atoms with Gasteiger partial charge in [-0.15, -0.1) is 0 Å². The molecule has 0 aromatic heterocycles. The summed E-state index contributed by atoms with van der Waals surface area (Å²) in [6.45, 7) is 4.91. The molecule has 0 N–H and O–H groups in total. The Bertz CT molecular complexity index is 243. The van der Waals surface area contributed by atoms with Crippen LogP contribution in [0.4, 0.5) is 0 Å². The van der Waals surface area contributed by atoms with Crippen molar-refractivity contribution in [2.75, 3.05) is 0 Å². The van der Waals surface area contributed by atoms with Crippen molar-refractivity contribution in [1.82, 2.24) is 0 Å². The third kappa shape index (κ3) is 1.04. The van der Waals surface area contributed by atoms with Gasteiger partial charge in [-0.1, -0.05) is 26.0 Å². The molecule has 72 valence electrons. The number of fused-ring (bicyclic) bond motifs is 1. The Hall–Kier alpha value is -0.260. The molecular weight excluding hydrogens is 156 g/mol. The molecule has 0 saturated heterocycles. The van der Waals surface area contributed by atoms with E-state index < -0.39 is 0 Å². The van der Waals surface area contributed by atoms with Crippen LogP contribution in [-0.2, 0) is 0 Å². The second-order valence-corrected chi connectivity index (χ2v) is 5.88. The highest BCUT2D eigenvalue weighted by atomic mass is 14.7. The molecule has 0 nitrogen and oxygen atoms in total. The summed E-state index contributed by atoms with van der Waals surface area (Å²) >= 11 is 0. The fourth-order valence-electron chi connectivity index (χ4n) is 4.05. The van der Waals surface area contributed by atoms with Gasteiger partial charge in [0.2, 0.25) is 0 Å². The van der Waals surface area contributed by atoms with Crippen LogP contribution in [0.5, 0.6) is 0 Å². The summed E-state index contributed by atoms with van der Waals surface area (Å²) < 4.78 is 0. The molecule has 0 aromatic carbocycles. The Kier molecular flexibility index (Phi) is 1.49. The number of hydrogen-bond donors (Lipinski definition) is 0. The van der Waals surface area contributed by atoms with E-state index in [1.165, 1.54) is 25.7 Å². The molecule has 3 aliphatic carbocycles. The maximum Gasteiger partial charge on any atom is -0.0110 e. The Labute approximate surface area is 81.4 Å². The first-order chi connectivity index (χ1) is 6.21. The highest BCUT2D eigenvalue weighted by Gasteiger charge is 2.62. The van der Waals surface area contributed by atoms with Gasteiger partial charge in [-0.05, 0) is 54.8 Å². The molecule has 0 amide bonds. The lowest BCUT2D eigenvalue weighted by Crippen LogP contribution is -2.23. The lowest BCUT2D eigenvalue weighted by Gasteiger charge is -2.33. The van der Waals surface area contributed by atoms with Crippen LogP contribution in [-0.4, -0.2) is 0 Å². The van der Waals surface area contributed by atoms with Crippen LogP contribution in [0.2, 0.25) is 0 Å². The molecular formula is C13H20. The zero-order valence-corrected chi connectivity index (χ0v) is 8.79. The van der Waals surface area contributed by atoms with Crippen molar-refractivity contribution >= 4 is 0 Å². The van der Waals surface area contributed by atoms with Crippen LogP contribution >= 0.6 is 0 Å². The molecule has 0 spiro atoms. The summed E-state index contributed by atoms with van der Waals surface area (Å²) in [4.78, 5) is 0. The normalized spacial score (nSPS) is 58.3. The molecule has 0 heterocycles. The molecule has 4 atom stereocenters. The van der Waals surface area contributed by atoms with Gasteiger partial charge in [0, 0.05) is 0 Å². The molecule has 2 saturated carbocycles. The van der Waals surface area contributed by atoms with E-state index in [0.29, 0.717) is 5.41 Å². The van der Waals surface area contributed by atoms with E-state index in [4.69, 9.17) is 0 Å². The smallest absolute Gasteiger partial charge is 0.0110 e. The van der Waals surface area contributed by atoms with E-state index in [0.717, 1.165) is 23.7 Å². The van der Waals surface area contributed by atoms with E-state index in [9.17, 15) is 0 Å². The number of rotatable bonds is 1. The highest BCUT2D eigenvalue weighted by Crippen LogP contribution is 2.69. The summed E-state index contributed by atoms with van der Waals surface area (Å²) in [5.41, 5.74) is 0.587. The quantitative estimate of drug-likeness (QED) is 0.535. The van der Waals surface area contributed by atoms with Gasteiger partial charge in [-0.3, -0.25) is 0 Å². The van der Waals surface area contributed by atoms with Gasteiger partial charge in [0.15, 0.2) is 0 Å². The summed E-state index contributed by atoms with van der Waals surface area (Å²) in [5.74, 6) is 4.28. The highest BCUT2D eigenvalue weighted by molar-refractivity contribution is 5.18. The largest absolute Gasteiger partial charge is 0.0877 e. The molecule has 0 heteroatoms. The third-order valence-corrected chi connectivity index (χ3v) is 4.75. The van der Waals surface area contributed by atoms with Crippen LogP contribution < -0.4 is 0 Å².